The number of carbonyl (C=O) groups is 1. The summed E-state index contributed by atoms with van der Waals surface area (Å²) in [5.74, 6) is -0.281. The summed E-state index contributed by atoms with van der Waals surface area (Å²) in [5, 5.41) is 10.6. The van der Waals surface area contributed by atoms with E-state index in [1.807, 2.05) is 0 Å². The van der Waals surface area contributed by atoms with Crippen molar-refractivity contribution in [2.75, 3.05) is 13.1 Å². The van der Waals surface area contributed by atoms with Gasteiger partial charge in [0, 0.05) is 31.1 Å². The van der Waals surface area contributed by atoms with Gasteiger partial charge < -0.3 is 4.79 Å². The van der Waals surface area contributed by atoms with E-state index in [4.69, 9.17) is 0 Å². The van der Waals surface area contributed by atoms with E-state index in [1.165, 1.54) is 16.4 Å². The van der Waals surface area contributed by atoms with Crippen LogP contribution in [0.5, 0.6) is 0 Å². The average Bonchev–Trinajstić information content (AvgIpc) is 2.47. The molecular formula is C12H14N2O5S. The number of carbonyl (C=O) groups excluding carboxylic acids is 1. The summed E-state index contributed by atoms with van der Waals surface area (Å²) in [6.07, 6.45) is 2.10. The van der Waals surface area contributed by atoms with Crippen LogP contribution >= 0.6 is 0 Å². The molecule has 2 rings (SSSR count). The van der Waals surface area contributed by atoms with Gasteiger partial charge in [-0.1, -0.05) is 0 Å². The van der Waals surface area contributed by atoms with Crippen molar-refractivity contribution >= 4 is 22.0 Å². The Hall–Kier alpha value is -1.80. The lowest BCUT2D eigenvalue weighted by atomic mass is 10.0. The Kier molecular flexibility index (Phi) is 4.15. The quantitative estimate of drug-likeness (QED) is 0.472. The molecule has 1 aromatic carbocycles. The smallest absolute Gasteiger partial charge is 0.269 e. The molecule has 0 N–H and O–H groups in total. The summed E-state index contributed by atoms with van der Waals surface area (Å²) in [7, 11) is -3.70. The van der Waals surface area contributed by atoms with Crippen LogP contribution in [0.15, 0.2) is 29.2 Å². The highest BCUT2D eigenvalue weighted by molar-refractivity contribution is 7.89. The molecule has 0 radical (unpaired) electrons. The predicted octanol–water partition coefficient (Wildman–Crippen LogP) is 1.19. The Morgan fingerprint density at radius 2 is 1.95 bits per heavy atom. The number of nitro groups is 1. The molecule has 0 saturated carbocycles. The van der Waals surface area contributed by atoms with Gasteiger partial charge in [0.25, 0.3) is 5.69 Å². The van der Waals surface area contributed by atoms with Crippen LogP contribution in [-0.4, -0.2) is 37.0 Å². The highest BCUT2D eigenvalue weighted by Crippen LogP contribution is 2.24. The van der Waals surface area contributed by atoms with Crippen molar-refractivity contribution in [1.29, 1.82) is 0 Å². The molecule has 1 unspecified atom stereocenters. The van der Waals surface area contributed by atoms with Gasteiger partial charge in [0.2, 0.25) is 10.0 Å². The van der Waals surface area contributed by atoms with Crippen LogP contribution in [0, 0.1) is 16.0 Å². The second-order valence-corrected chi connectivity index (χ2v) is 6.59. The summed E-state index contributed by atoms with van der Waals surface area (Å²) >= 11 is 0. The number of benzene rings is 1. The second-order valence-electron chi connectivity index (χ2n) is 4.65. The molecule has 7 nitrogen and oxygen atoms in total. The number of hydrogen-bond donors (Lipinski definition) is 0. The van der Waals surface area contributed by atoms with Crippen LogP contribution < -0.4 is 0 Å². The van der Waals surface area contributed by atoms with E-state index in [0.29, 0.717) is 19.4 Å². The van der Waals surface area contributed by atoms with Crippen molar-refractivity contribution in [3.8, 4) is 0 Å². The van der Waals surface area contributed by atoms with Crippen LogP contribution in [0.2, 0.25) is 0 Å². The van der Waals surface area contributed by atoms with E-state index in [0.717, 1.165) is 18.4 Å². The maximum Gasteiger partial charge on any atom is 0.269 e. The van der Waals surface area contributed by atoms with Crippen molar-refractivity contribution in [2.24, 2.45) is 5.92 Å². The number of piperidine rings is 1. The third-order valence-electron chi connectivity index (χ3n) is 3.30. The van der Waals surface area contributed by atoms with E-state index in [2.05, 4.69) is 0 Å². The fourth-order valence-electron chi connectivity index (χ4n) is 2.19. The lowest BCUT2D eigenvalue weighted by molar-refractivity contribution is -0.384. The molecule has 1 aliphatic rings. The van der Waals surface area contributed by atoms with Gasteiger partial charge in [-0.15, -0.1) is 0 Å². The molecule has 0 aromatic heterocycles. The SMILES string of the molecule is O=CC1CCCN(S(=O)(=O)c2ccc([N+](=O)[O-])cc2)C1. The molecule has 0 bridgehead atoms. The molecule has 1 heterocycles. The number of sulfonamides is 1. The normalized spacial score (nSPS) is 20.5. The van der Waals surface area contributed by atoms with Gasteiger partial charge in [-0.3, -0.25) is 10.1 Å². The Morgan fingerprint density at radius 3 is 2.50 bits per heavy atom. The summed E-state index contributed by atoms with van der Waals surface area (Å²) in [6.45, 7) is 0.534. The van der Waals surface area contributed by atoms with E-state index < -0.39 is 14.9 Å². The summed E-state index contributed by atoms with van der Waals surface area (Å²) in [6, 6.07) is 4.76. The van der Waals surface area contributed by atoms with Gasteiger partial charge >= 0.3 is 0 Å². The number of aldehydes is 1. The third-order valence-corrected chi connectivity index (χ3v) is 5.18. The largest absolute Gasteiger partial charge is 0.303 e. The standard InChI is InChI=1S/C12H14N2O5S/c15-9-10-2-1-7-13(8-10)20(18,19)12-5-3-11(4-6-12)14(16)17/h3-6,9-10H,1-2,7-8H2. The first-order chi connectivity index (χ1) is 9.45. The number of nitro benzene ring substituents is 1. The molecule has 0 aliphatic carbocycles. The summed E-state index contributed by atoms with van der Waals surface area (Å²) in [5.41, 5.74) is -0.159. The molecule has 1 fully saturated rings. The van der Waals surface area contributed by atoms with Crippen LogP contribution in [-0.2, 0) is 14.8 Å². The molecule has 1 saturated heterocycles. The maximum atomic E-state index is 12.4. The topological polar surface area (TPSA) is 97.6 Å². The van der Waals surface area contributed by atoms with Gasteiger partial charge in [0.1, 0.15) is 6.29 Å². The summed E-state index contributed by atoms with van der Waals surface area (Å²) in [4.78, 5) is 20.8. The van der Waals surface area contributed by atoms with Crippen LogP contribution in [0.3, 0.4) is 0 Å². The Bertz CT molecular complexity index is 611. The molecule has 0 spiro atoms. The molecule has 0 amide bonds. The zero-order valence-corrected chi connectivity index (χ0v) is 11.5. The lowest BCUT2D eigenvalue weighted by Gasteiger charge is -2.29. The maximum absolute atomic E-state index is 12.4. The minimum Gasteiger partial charge on any atom is -0.303 e. The second kappa shape index (κ2) is 5.68. The van der Waals surface area contributed by atoms with Crippen molar-refractivity contribution in [3.63, 3.8) is 0 Å². The van der Waals surface area contributed by atoms with Gasteiger partial charge in [0.15, 0.2) is 0 Å². The Balaban J connectivity index is 2.25. The monoisotopic (exact) mass is 298 g/mol. The molecule has 20 heavy (non-hydrogen) atoms. The first kappa shape index (κ1) is 14.6. The first-order valence-electron chi connectivity index (χ1n) is 6.15. The van der Waals surface area contributed by atoms with E-state index in [-0.39, 0.29) is 23.0 Å². The molecular weight excluding hydrogens is 284 g/mol. The molecule has 1 aliphatic heterocycles. The highest BCUT2D eigenvalue weighted by Gasteiger charge is 2.30. The summed E-state index contributed by atoms with van der Waals surface area (Å²) < 4.78 is 26.0. The third kappa shape index (κ3) is 2.86. The van der Waals surface area contributed by atoms with E-state index in [1.54, 1.807) is 0 Å². The minimum atomic E-state index is -3.70. The number of rotatable bonds is 4. The average molecular weight is 298 g/mol. The molecule has 1 aromatic rings. The predicted molar refractivity (Wildman–Crippen MR) is 70.6 cm³/mol. The number of nitrogens with zero attached hydrogens (tertiary/aromatic N) is 2. The Labute approximate surface area is 116 Å². The van der Waals surface area contributed by atoms with Crippen LogP contribution in [0.4, 0.5) is 5.69 Å². The van der Waals surface area contributed by atoms with Crippen LogP contribution in [0.25, 0.3) is 0 Å². The fourth-order valence-corrected chi connectivity index (χ4v) is 3.73. The highest BCUT2D eigenvalue weighted by atomic mass is 32.2. The number of non-ortho nitro benzene ring substituents is 1. The molecule has 8 heteroatoms. The number of hydrogen-bond acceptors (Lipinski definition) is 5. The molecule has 1 atom stereocenters. The van der Waals surface area contributed by atoms with Gasteiger partial charge in [-0.2, -0.15) is 4.31 Å². The van der Waals surface area contributed by atoms with Crippen molar-refractivity contribution in [1.82, 2.24) is 4.31 Å². The zero-order chi connectivity index (χ0) is 14.8. The minimum absolute atomic E-state index is 0.00893. The van der Waals surface area contributed by atoms with E-state index >= 15 is 0 Å². The lowest BCUT2D eigenvalue weighted by Crippen LogP contribution is -2.40. The van der Waals surface area contributed by atoms with E-state index in [9.17, 15) is 23.3 Å². The molecule has 108 valence electrons. The first-order valence-corrected chi connectivity index (χ1v) is 7.59. The Morgan fingerprint density at radius 1 is 1.30 bits per heavy atom. The van der Waals surface area contributed by atoms with Gasteiger partial charge in [-0.25, -0.2) is 8.42 Å². The zero-order valence-electron chi connectivity index (χ0n) is 10.6. The van der Waals surface area contributed by atoms with Crippen LogP contribution in [0.1, 0.15) is 12.8 Å². The van der Waals surface area contributed by atoms with Crippen molar-refractivity contribution < 1.29 is 18.1 Å². The van der Waals surface area contributed by atoms with Crippen molar-refractivity contribution in [3.05, 3.63) is 34.4 Å². The fraction of sp³-hybridized carbons (Fsp3) is 0.417. The van der Waals surface area contributed by atoms with Gasteiger partial charge in [-0.05, 0) is 25.0 Å². The van der Waals surface area contributed by atoms with Crippen molar-refractivity contribution in [2.45, 2.75) is 17.7 Å². The van der Waals surface area contributed by atoms with Gasteiger partial charge in [0.05, 0.1) is 9.82 Å².